The van der Waals surface area contributed by atoms with Gasteiger partial charge >= 0.3 is 0 Å². The third-order valence-corrected chi connectivity index (χ3v) is 5.72. The first-order valence-corrected chi connectivity index (χ1v) is 10.2. The van der Waals surface area contributed by atoms with Gasteiger partial charge in [-0.1, -0.05) is 18.2 Å². The molecule has 2 saturated heterocycles. The summed E-state index contributed by atoms with van der Waals surface area (Å²) in [6.07, 6.45) is 2.85. The molecular formula is C22H28N4O3. The lowest BCUT2D eigenvalue weighted by Gasteiger charge is -2.37. The predicted octanol–water partition coefficient (Wildman–Crippen LogP) is 1.84. The minimum atomic E-state index is -0.906. The van der Waals surface area contributed by atoms with Gasteiger partial charge in [-0.15, -0.1) is 0 Å². The maximum atomic E-state index is 12.7. The van der Waals surface area contributed by atoms with Crippen molar-refractivity contribution < 1.29 is 14.6 Å². The van der Waals surface area contributed by atoms with E-state index in [1.54, 1.807) is 6.20 Å². The van der Waals surface area contributed by atoms with Gasteiger partial charge in [0.05, 0.1) is 36.8 Å². The molecule has 2 aromatic rings. The topological polar surface area (TPSA) is 77.9 Å². The molecule has 3 heterocycles. The number of likely N-dealkylation sites (tertiary alicyclic amines) is 1. The van der Waals surface area contributed by atoms with Crippen LogP contribution in [0.15, 0.2) is 48.7 Å². The molecule has 0 unspecified atom stereocenters. The monoisotopic (exact) mass is 396 g/mol. The smallest absolute Gasteiger partial charge is 0.238 e. The number of piperidine rings is 1. The maximum absolute atomic E-state index is 12.7. The zero-order valence-corrected chi connectivity index (χ0v) is 16.6. The second kappa shape index (κ2) is 8.90. The summed E-state index contributed by atoms with van der Waals surface area (Å²) in [4.78, 5) is 21.3. The van der Waals surface area contributed by atoms with Crippen molar-refractivity contribution in [2.75, 3.05) is 56.2 Å². The summed E-state index contributed by atoms with van der Waals surface area (Å²) >= 11 is 0. The fourth-order valence-electron chi connectivity index (χ4n) is 4.03. The van der Waals surface area contributed by atoms with Crippen molar-refractivity contribution in [3.8, 4) is 0 Å². The molecule has 29 heavy (non-hydrogen) atoms. The number of benzene rings is 1. The van der Waals surface area contributed by atoms with Crippen LogP contribution in [0.3, 0.4) is 0 Å². The fraction of sp³-hybridized carbons (Fsp3) is 0.455. The number of ether oxygens (including phenoxy) is 1. The van der Waals surface area contributed by atoms with E-state index in [-0.39, 0.29) is 5.91 Å². The Kier molecular flexibility index (Phi) is 6.08. The molecule has 7 heteroatoms. The van der Waals surface area contributed by atoms with Crippen molar-refractivity contribution in [3.05, 3.63) is 54.4 Å². The molecule has 154 valence electrons. The number of hydrogen-bond acceptors (Lipinski definition) is 6. The lowest BCUT2D eigenvalue weighted by Crippen LogP contribution is -2.45. The Morgan fingerprint density at radius 1 is 1.07 bits per heavy atom. The highest BCUT2D eigenvalue weighted by molar-refractivity contribution is 5.95. The summed E-state index contributed by atoms with van der Waals surface area (Å²) in [6.45, 7) is 4.69. The Bertz CT molecular complexity index is 816. The van der Waals surface area contributed by atoms with E-state index >= 15 is 0 Å². The largest absolute Gasteiger partial charge is 0.383 e. The van der Waals surface area contributed by atoms with Crippen molar-refractivity contribution >= 4 is 17.3 Å². The van der Waals surface area contributed by atoms with Gasteiger partial charge in [-0.05, 0) is 37.1 Å². The molecule has 0 radical (unpaired) electrons. The standard InChI is InChI=1S/C22H28N4O3/c27-21(24-18-5-1-2-6-19(18)26-13-15-29-16-14-26)17-25-11-8-22(28,9-12-25)20-7-3-4-10-23-20/h1-7,10,28H,8-9,11-17H2,(H,24,27). The van der Waals surface area contributed by atoms with Crippen LogP contribution in [0.4, 0.5) is 11.4 Å². The molecule has 2 N–H and O–H groups in total. The van der Waals surface area contributed by atoms with Gasteiger partial charge in [0.15, 0.2) is 0 Å². The summed E-state index contributed by atoms with van der Waals surface area (Å²) < 4.78 is 5.43. The molecular weight excluding hydrogens is 368 g/mol. The summed E-state index contributed by atoms with van der Waals surface area (Å²) in [5.41, 5.74) is 1.68. The number of rotatable bonds is 5. The number of morpholine rings is 1. The molecule has 2 aliphatic rings. The fourth-order valence-corrected chi connectivity index (χ4v) is 4.03. The Labute approximate surface area is 171 Å². The number of hydrogen-bond donors (Lipinski definition) is 2. The van der Waals surface area contributed by atoms with Crippen LogP contribution in [0.25, 0.3) is 0 Å². The summed E-state index contributed by atoms with van der Waals surface area (Å²) in [5, 5.41) is 14.0. The number of nitrogens with one attached hydrogen (secondary N) is 1. The number of aromatic nitrogens is 1. The highest BCUT2D eigenvalue weighted by Gasteiger charge is 2.35. The number of para-hydroxylation sites is 2. The maximum Gasteiger partial charge on any atom is 0.238 e. The predicted molar refractivity (Wildman–Crippen MR) is 112 cm³/mol. The Morgan fingerprint density at radius 3 is 2.52 bits per heavy atom. The van der Waals surface area contributed by atoms with Gasteiger partial charge in [0.25, 0.3) is 0 Å². The zero-order chi connectivity index (χ0) is 20.1. The Morgan fingerprint density at radius 2 is 1.79 bits per heavy atom. The van der Waals surface area contributed by atoms with E-state index in [1.807, 2.05) is 42.5 Å². The number of carbonyl (C=O) groups is 1. The second-order valence-corrected chi connectivity index (χ2v) is 7.69. The van der Waals surface area contributed by atoms with Crippen molar-refractivity contribution in [1.82, 2.24) is 9.88 Å². The van der Waals surface area contributed by atoms with Crippen molar-refractivity contribution in [3.63, 3.8) is 0 Å². The average molecular weight is 396 g/mol. The van der Waals surface area contributed by atoms with Crippen LogP contribution >= 0.6 is 0 Å². The van der Waals surface area contributed by atoms with Crippen LogP contribution in [-0.4, -0.2) is 66.8 Å². The number of nitrogens with zero attached hydrogens (tertiary/aromatic N) is 3. The van der Waals surface area contributed by atoms with Gasteiger partial charge in [0.1, 0.15) is 5.60 Å². The van der Waals surface area contributed by atoms with E-state index in [0.717, 1.165) is 24.5 Å². The van der Waals surface area contributed by atoms with E-state index < -0.39 is 5.60 Å². The second-order valence-electron chi connectivity index (χ2n) is 7.69. The molecule has 0 aliphatic carbocycles. The van der Waals surface area contributed by atoms with Gasteiger partial charge in [0, 0.05) is 32.4 Å². The molecule has 0 bridgehead atoms. The van der Waals surface area contributed by atoms with E-state index in [9.17, 15) is 9.90 Å². The molecule has 0 atom stereocenters. The molecule has 1 amide bonds. The normalized spacial score (nSPS) is 19.7. The van der Waals surface area contributed by atoms with E-state index in [4.69, 9.17) is 4.74 Å². The first-order valence-electron chi connectivity index (χ1n) is 10.2. The van der Waals surface area contributed by atoms with Crippen LogP contribution in [0.1, 0.15) is 18.5 Å². The van der Waals surface area contributed by atoms with Crippen molar-refractivity contribution in [2.45, 2.75) is 18.4 Å². The van der Waals surface area contributed by atoms with Gasteiger partial charge in [-0.2, -0.15) is 0 Å². The summed E-state index contributed by atoms with van der Waals surface area (Å²) in [7, 11) is 0. The summed E-state index contributed by atoms with van der Waals surface area (Å²) in [6, 6.07) is 13.5. The van der Waals surface area contributed by atoms with Crippen LogP contribution in [-0.2, 0) is 15.1 Å². The van der Waals surface area contributed by atoms with Crippen LogP contribution in [0.5, 0.6) is 0 Å². The number of amides is 1. The molecule has 0 saturated carbocycles. The molecule has 2 fully saturated rings. The summed E-state index contributed by atoms with van der Waals surface area (Å²) in [5.74, 6) is -0.0333. The third-order valence-electron chi connectivity index (χ3n) is 5.72. The molecule has 1 aromatic carbocycles. The third kappa shape index (κ3) is 4.75. The van der Waals surface area contributed by atoms with Crippen LogP contribution < -0.4 is 10.2 Å². The quantitative estimate of drug-likeness (QED) is 0.803. The first kappa shape index (κ1) is 19.8. The highest BCUT2D eigenvalue weighted by atomic mass is 16.5. The molecule has 0 spiro atoms. The first-order chi connectivity index (χ1) is 14.1. The zero-order valence-electron chi connectivity index (χ0n) is 16.6. The Balaban J connectivity index is 1.33. The van der Waals surface area contributed by atoms with E-state index in [0.29, 0.717) is 51.4 Å². The van der Waals surface area contributed by atoms with E-state index in [2.05, 4.69) is 20.1 Å². The average Bonchev–Trinajstić information content (AvgIpc) is 2.77. The molecule has 4 rings (SSSR count). The Hall–Kier alpha value is -2.48. The lowest BCUT2D eigenvalue weighted by atomic mass is 9.88. The number of pyridine rings is 1. The van der Waals surface area contributed by atoms with Crippen LogP contribution in [0, 0.1) is 0 Å². The molecule has 1 aromatic heterocycles. The lowest BCUT2D eigenvalue weighted by molar-refractivity contribution is -0.118. The van der Waals surface area contributed by atoms with E-state index in [1.165, 1.54) is 0 Å². The number of anilines is 2. The van der Waals surface area contributed by atoms with Crippen molar-refractivity contribution in [1.29, 1.82) is 0 Å². The van der Waals surface area contributed by atoms with Crippen molar-refractivity contribution in [2.24, 2.45) is 0 Å². The minimum absolute atomic E-state index is 0.0333. The van der Waals surface area contributed by atoms with Gasteiger partial charge in [0.2, 0.25) is 5.91 Å². The SMILES string of the molecule is O=C(CN1CCC(O)(c2ccccn2)CC1)Nc1ccccc1N1CCOCC1. The van der Waals surface area contributed by atoms with Gasteiger partial charge in [-0.3, -0.25) is 14.7 Å². The van der Waals surface area contributed by atoms with Crippen LogP contribution in [0.2, 0.25) is 0 Å². The molecule has 2 aliphatic heterocycles. The minimum Gasteiger partial charge on any atom is -0.383 e. The van der Waals surface area contributed by atoms with Gasteiger partial charge < -0.3 is 20.1 Å². The van der Waals surface area contributed by atoms with Gasteiger partial charge in [-0.25, -0.2) is 0 Å². The number of aliphatic hydroxyl groups is 1. The highest BCUT2D eigenvalue weighted by Crippen LogP contribution is 2.31. The number of carbonyl (C=O) groups excluding carboxylic acids is 1. The molecule has 7 nitrogen and oxygen atoms in total.